The van der Waals surface area contributed by atoms with E-state index in [1.54, 1.807) is 6.07 Å². The number of aliphatic imine (C=N–C) groups is 1. The Kier molecular flexibility index (Phi) is 11.8. The van der Waals surface area contributed by atoms with E-state index >= 15 is 0 Å². The summed E-state index contributed by atoms with van der Waals surface area (Å²) in [6.07, 6.45) is 2.38. The van der Waals surface area contributed by atoms with Crippen LogP contribution in [-0.2, 0) is 16.3 Å². The van der Waals surface area contributed by atoms with Crippen LogP contribution in [0, 0.1) is 5.82 Å². The normalized spacial score (nSPS) is 11.7. The second-order valence-corrected chi connectivity index (χ2v) is 9.60. The molecule has 0 amide bonds. The summed E-state index contributed by atoms with van der Waals surface area (Å²) in [5, 5.41) is 6.43. The Morgan fingerprint density at radius 3 is 2.48 bits per heavy atom. The quantitative estimate of drug-likeness (QED) is 0.196. The number of ether oxygens (including phenoxy) is 1. The molecule has 0 aromatic heterocycles. The molecule has 2 N–H and O–H groups in total. The lowest BCUT2D eigenvalue weighted by molar-refractivity contribution is 0.242. The van der Waals surface area contributed by atoms with Gasteiger partial charge in [0.1, 0.15) is 21.4 Å². The number of benzene rings is 2. The largest absolute Gasteiger partial charge is 0.491 e. The number of sulfone groups is 1. The standard InChI is InChI=1S/C22H30FN3O3S.HI/c1-17(2)29-21-10-8-20(9-11-21)26-22(24-13-5-15-30(3,27)28)25-14-12-18-6-4-7-19(23)16-18;/h4,6-11,16-17H,5,12-15H2,1-3H3,(H2,24,25,26);1H. The minimum absolute atomic E-state index is 0. The van der Waals surface area contributed by atoms with Crippen molar-refractivity contribution in [2.24, 2.45) is 4.99 Å². The Labute approximate surface area is 201 Å². The predicted octanol–water partition coefficient (Wildman–Crippen LogP) is 4.27. The number of guanidine groups is 1. The Morgan fingerprint density at radius 1 is 1.16 bits per heavy atom. The molecule has 0 radical (unpaired) electrons. The summed E-state index contributed by atoms with van der Waals surface area (Å²) in [5.74, 6) is 1.15. The van der Waals surface area contributed by atoms with Crippen molar-refractivity contribution in [3.8, 4) is 5.75 Å². The van der Waals surface area contributed by atoms with Crippen LogP contribution in [0.1, 0.15) is 25.8 Å². The van der Waals surface area contributed by atoms with Gasteiger partial charge in [0.2, 0.25) is 0 Å². The van der Waals surface area contributed by atoms with Crippen LogP contribution in [0.2, 0.25) is 0 Å². The van der Waals surface area contributed by atoms with E-state index in [2.05, 4.69) is 15.6 Å². The van der Waals surface area contributed by atoms with Crippen molar-refractivity contribution in [1.29, 1.82) is 0 Å². The summed E-state index contributed by atoms with van der Waals surface area (Å²) >= 11 is 0. The van der Waals surface area contributed by atoms with Crippen molar-refractivity contribution in [2.45, 2.75) is 32.8 Å². The van der Waals surface area contributed by atoms with Crippen molar-refractivity contribution in [2.75, 3.05) is 30.4 Å². The summed E-state index contributed by atoms with van der Waals surface area (Å²) in [4.78, 5) is 4.47. The van der Waals surface area contributed by atoms with E-state index in [0.29, 0.717) is 31.9 Å². The highest BCUT2D eigenvalue weighted by Gasteiger charge is 2.05. The number of rotatable bonds is 10. The molecule has 0 aliphatic heterocycles. The molecular weight excluding hydrogens is 532 g/mol. The van der Waals surface area contributed by atoms with E-state index in [4.69, 9.17) is 4.74 Å². The van der Waals surface area contributed by atoms with Crippen molar-refractivity contribution in [1.82, 2.24) is 5.32 Å². The zero-order valence-electron chi connectivity index (χ0n) is 18.1. The first-order valence-electron chi connectivity index (χ1n) is 9.95. The molecule has 2 aromatic rings. The number of anilines is 1. The monoisotopic (exact) mass is 563 g/mol. The van der Waals surface area contributed by atoms with Gasteiger partial charge in [-0.15, -0.1) is 24.0 Å². The lowest BCUT2D eigenvalue weighted by Gasteiger charge is -2.14. The van der Waals surface area contributed by atoms with Gasteiger partial charge in [0.25, 0.3) is 0 Å². The topological polar surface area (TPSA) is 79.8 Å². The van der Waals surface area contributed by atoms with Gasteiger partial charge in [-0.25, -0.2) is 12.8 Å². The van der Waals surface area contributed by atoms with Crippen LogP contribution in [-0.4, -0.2) is 45.6 Å². The van der Waals surface area contributed by atoms with E-state index in [1.165, 1.54) is 18.4 Å². The number of nitrogens with zero attached hydrogens (tertiary/aromatic N) is 1. The molecule has 0 atom stereocenters. The molecule has 0 saturated heterocycles. The second-order valence-electron chi connectivity index (χ2n) is 7.34. The molecule has 2 rings (SSSR count). The van der Waals surface area contributed by atoms with Gasteiger partial charge in [0.15, 0.2) is 5.96 Å². The Balaban J connectivity index is 0.00000480. The third kappa shape index (κ3) is 11.9. The average Bonchev–Trinajstić information content (AvgIpc) is 2.65. The Morgan fingerprint density at radius 2 is 1.87 bits per heavy atom. The van der Waals surface area contributed by atoms with Gasteiger partial charge in [-0.05, 0) is 68.7 Å². The molecule has 0 spiro atoms. The zero-order valence-corrected chi connectivity index (χ0v) is 21.2. The first-order chi connectivity index (χ1) is 14.2. The molecule has 0 heterocycles. The minimum atomic E-state index is -3.01. The van der Waals surface area contributed by atoms with E-state index in [9.17, 15) is 12.8 Å². The highest BCUT2D eigenvalue weighted by molar-refractivity contribution is 14.0. The van der Waals surface area contributed by atoms with Crippen LogP contribution < -0.4 is 15.4 Å². The van der Waals surface area contributed by atoms with Crippen molar-refractivity contribution < 1.29 is 17.5 Å². The fourth-order valence-electron chi connectivity index (χ4n) is 2.70. The molecule has 2 aromatic carbocycles. The third-order valence-corrected chi connectivity index (χ3v) is 5.06. The van der Waals surface area contributed by atoms with Crippen LogP contribution in [0.25, 0.3) is 0 Å². The smallest absolute Gasteiger partial charge is 0.195 e. The van der Waals surface area contributed by atoms with Gasteiger partial charge < -0.3 is 15.4 Å². The Bertz CT molecular complexity index is 935. The van der Waals surface area contributed by atoms with Crippen molar-refractivity contribution >= 4 is 45.5 Å². The molecule has 9 heteroatoms. The van der Waals surface area contributed by atoms with Gasteiger partial charge in [-0.2, -0.15) is 0 Å². The number of hydrogen-bond acceptors (Lipinski definition) is 4. The summed E-state index contributed by atoms with van der Waals surface area (Å²) < 4.78 is 41.6. The molecule has 172 valence electrons. The molecule has 0 fully saturated rings. The van der Waals surface area contributed by atoms with Crippen LogP contribution in [0.15, 0.2) is 53.5 Å². The summed E-state index contributed by atoms with van der Waals surface area (Å²) in [6, 6.07) is 14.0. The summed E-state index contributed by atoms with van der Waals surface area (Å²) in [5.41, 5.74) is 1.71. The maximum Gasteiger partial charge on any atom is 0.195 e. The molecule has 0 bridgehead atoms. The zero-order chi connectivity index (χ0) is 22.0. The summed E-state index contributed by atoms with van der Waals surface area (Å²) in [6.45, 7) is 4.86. The van der Waals surface area contributed by atoms with E-state index < -0.39 is 9.84 Å². The molecule has 6 nitrogen and oxygen atoms in total. The van der Waals surface area contributed by atoms with Gasteiger partial charge >= 0.3 is 0 Å². The van der Waals surface area contributed by atoms with Gasteiger partial charge in [0, 0.05) is 25.0 Å². The fraction of sp³-hybridized carbons (Fsp3) is 0.409. The number of hydrogen-bond donors (Lipinski definition) is 2. The van der Waals surface area contributed by atoms with Gasteiger partial charge in [-0.1, -0.05) is 12.1 Å². The van der Waals surface area contributed by atoms with Crippen LogP contribution in [0.5, 0.6) is 5.75 Å². The van der Waals surface area contributed by atoms with Crippen molar-refractivity contribution in [3.63, 3.8) is 0 Å². The van der Waals surface area contributed by atoms with E-state index in [0.717, 1.165) is 17.0 Å². The van der Waals surface area contributed by atoms with E-state index in [-0.39, 0.29) is 41.7 Å². The molecular formula is C22H31FIN3O3S. The Hall–Kier alpha value is -1.88. The average molecular weight is 563 g/mol. The molecule has 0 saturated carbocycles. The first-order valence-corrected chi connectivity index (χ1v) is 12.0. The van der Waals surface area contributed by atoms with Crippen LogP contribution in [0.4, 0.5) is 10.1 Å². The molecule has 0 aliphatic rings. The van der Waals surface area contributed by atoms with Crippen LogP contribution >= 0.6 is 24.0 Å². The molecule has 0 unspecified atom stereocenters. The van der Waals surface area contributed by atoms with Crippen molar-refractivity contribution in [3.05, 3.63) is 59.9 Å². The van der Waals surface area contributed by atoms with Crippen LogP contribution in [0.3, 0.4) is 0 Å². The molecule has 0 aliphatic carbocycles. The van der Waals surface area contributed by atoms with Gasteiger partial charge in [0.05, 0.1) is 11.9 Å². The number of nitrogens with one attached hydrogen (secondary N) is 2. The lowest BCUT2D eigenvalue weighted by Crippen LogP contribution is -2.32. The molecule has 31 heavy (non-hydrogen) atoms. The van der Waals surface area contributed by atoms with Gasteiger partial charge in [-0.3, -0.25) is 4.99 Å². The fourth-order valence-corrected chi connectivity index (χ4v) is 3.35. The highest BCUT2D eigenvalue weighted by Crippen LogP contribution is 2.16. The maximum absolute atomic E-state index is 13.3. The lowest BCUT2D eigenvalue weighted by atomic mass is 10.1. The SMILES string of the molecule is CC(C)Oc1ccc(NC(=NCCCS(C)(=O)=O)NCCc2cccc(F)c2)cc1.I. The highest BCUT2D eigenvalue weighted by atomic mass is 127. The summed E-state index contributed by atoms with van der Waals surface area (Å²) in [7, 11) is -3.01. The van der Waals surface area contributed by atoms with E-state index in [1.807, 2.05) is 44.2 Å². The predicted molar refractivity (Wildman–Crippen MR) is 136 cm³/mol. The second kappa shape index (κ2) is 13.5. The maximum atomic E-state index is 13.3. The first kappa shape index (κ1) is 27.2. The third-order valence-electron chi connectivity index (χ3n) is 4.03. The number of halogens is 2. The minimum Gasteiger partial charge on any atom is -0.491 e.